The van der Waals surface area contributed by atoms with Gasteiger partial charge in [-0.25, -0.2) is 0 Å². The second-order valence-electron chi connectivity index (χ2n) is 6.17. The first-order valence-electron chi connectivity index (χ1n) is 7.95. The molecule has 1 spiro atoms. The fraction of sp³-hybridized carbons (Fsp3) is 0.562. The van der Waals surface area contributed by atoms with Crippen molar-refractivity contribution in [3.8, 4) is 11.9 Å². The molecule has 2 aliphatic heterocycles. The summed E-state index contributed by atoms with van der Waals surface area (Å²) >= 11 is 0. The molecule has 1 aromatic heterocycles. The highest BCUT2D eigenvalue weighted by molar-refractivity contribution is 5.73. The number of aromatic nitrogens is 2. The zero-order valence-electron chi connectivity index (χ0n) is 13.5. The number of amides is 1. The van der Waals surface area contributed by atoms with Crippen LogP contribution >= 0.6 is 0 Å². The Balaban J connectivity index is 2.08. The molecule has 0 atom stereocenters. The molecule has 0 unspecified atom stereocenters. The number of carbonyl (C=O) groups excluding carboxylic acids is 1. The number of rotatable bonds is 2. The van der Waals surface area contributed by atoms with Crippen LogP contribution in [0.1, 0.15) is 44.4 Å². The lowest BCUT2D eigenvalue weighted by atomic mass is 9.66. The number of allylic oxidation sites excluding steroid dienone is 1. The van der Waals surface area contributed by atoms with E-state index in [2.05, 4.69) is 23.2 Å². The molecule has 122 valence electrons. The van der Waals surface area contributed by atoms with Crippen LogP contribution in [0, 0.1) is 11.3 Å². The monoisotopic (exact) mass is 315 g/mol. The summed E-state index contributed by atoms with van der Waals surface area (Å²) in [6, 6.07) is 2.24. The number of nitriles is 1. The van der Waals surface area contributed by atoms with Crippen LogP contribution in [-0.2, 0) is 16.6 Å². The molecule has 0 aliphatic carbocycles. The van der Waals surface area contributed by atoms with Crippen LogP contribution in [0.3, 0.4) is 0 Å². The third-order valence-corrected chi connectivity index (χ3v) is 4.89. The van der Waals surface area contributed by atoms with Crippen LogP contribution in [-0.4, -0.2) is 34.1 Å². The van der Waals surface area contributed by atoms with E-state index in [4.69, 9.17) is 10.5 Å². The number of nitrogens with two attached hydrogens (primary N) is 1. The quantitative estimate of drug-likeness (QED) is 0.856. The molecule has 0 saturated carbocycles. The Bertz CT molecular complexity index is 705. The van der Waals surface area contributed by atoms with E-state index < -0.39 is 5.41 Å². The third-order valence-electron chi connectivity index (χ3n) is 4.89. The predicted molar refractivity (Wildman–Crippen MR) is 83.2 cm³/mol. The van der Waals surface area contributed by atoms with Gasteiger partial charge in [-0.3, -0.25) is 9.89 Å². The summed E-state index contributed by atoms with van der Waals surface area (Å²) < 4.78 is 5.58. The molecule has 0 bridgehead atoms. The number of piperidine rings is 1. The largest absolute Gasteiger partial charge is 0.420 e. The Morgan fingerprint density at radius 2 is 2.22 bits per heavy atom. The minimum atomic E-state index is -0.504. The van der Waals surface area contributed by atoms with Gasteiger partial charge in [0.05, 0.1) is 0 Å². The molecule has 1 aromatic rings. The zero-order chi connectivity index (χ0) is 16.6. The maximum Gasteiger partial charge on any atom is 0.244 e. The van der Waals surface area contributed by atoms with Crippen molar-refractivity contribution in [2.24, 2.45) is 5.73 Å². The SMILES string of the molecule is CCCc1[nH]nc2c1C1(CCN(C(C)=O)CC1)C(C#N)=C(N)O2. The molecule has 1 amide bonds. The molecular weight excluding hydrogens is 294 g/mol. The number of fused-ring (bicyclic) bond motifs is 2. The van der Waals surface area contributed by atoms with E-state index in [1.165, 1.54) is 0 Å². The number of likely N-dealkylation sites (tertiary alicyclic amines) is 1. The van der Waals surface area contributed by atoms with Gasteiger partial charge < -0.3 is 15.4 Å². The van der Waals surface area contributed by atoms with Gasteiger partial charge in [0, 0.05) is 36.7 Å². The summed E-state index contributed by atoms with van der Waals surface area (Å²) in [7, 11) is 0. The third kappa shape index (κ3) is 2.25. The van der Waals surface area contributed by atoms with Crippen LogP contribution in [0.5, 0.6) is 5.88 Å². The van der Waals surface area contributed by atoms with E-state index in [9.17, 15) is 10.1 Å². The lowest BCUT2D eigenvalue weighted by molar-refractivity contribution is -0.130. The van der Waals surface area contributed by atoms with Crippen molar-refractivity contribution >= 4 is 5.91 Å². The summed E-state index contributed by atoms with van der Waals surface area (Å²) in [6.45, 7) is 4.87. The van der Waals surface area contributed by atoms with Gasteiger partial charge in [0.15, 0.2) is 0 Å². The van der Waals surface area contributed by atoms with Crippen molar-refractivity contribution in [2.45, 2.75) is 44.9 Å². The number of carbonyl (C=O) groups is 1. The number of ether oxygens (including phenoxy) is 1. The number of hydrogen-bond acceptors (Lipinski definition) is 5. The molecule has 0 radical (unpaired) electrons. The first-order chi connectivity index (χ1) is 11.0. The molecular formula is C16H21N5O2. The number of aromatic amines is 1. The highest BCUT2D eigenvalue weighted by Crippen LogP contribution is 2.50. The standard InChI is InChI=1S/C16H21N5O2/c1-3-4-12-13-15(20-19-12)23-14(18)11(9-17)16(13)5-7-21(8-6-16)10(2)22/h3-8,18H2,1-2H3,(H,19,20). The zero-order valence-corrected chi connectivity index (χ0v) is 13.5. The molecule has 7 nitrogen and oxygen atoms in total. The van der Waals surface area contributed by atoms with Crippen LogP contribution in [0.4, 0.5) is 0 Å². The van der Waals surface area contributed by atoms with E-state index in [1.54, 1.807) is 6.92 Å². The Labute approximate surface area is 135 Å². The van der Waals surface area contributed by atoms with Crippen molar-refractivity contribution in [1.82, 2.24) is 15.1 Å². The Hall–Kier alpha value is -2.49. The summed E-state index contributed by atoms with van der Waals surface area (Å²) in [4.78, 5) is 13.4. The molecule has 3 heterocycles. The molecule has 3 rings (SSSR count). The number of nitrogens with one attached hydrogen (secondary N) is 1. The predicted octanol–water partition coefficient (Wildman–Crippen LogP) is 1.33. The van der Waals surface area contributed by atoms with Gasteiger partial charge in [0.2, 0.25) is 17.7 Å². The van der Waals surface area contributed by atoms with E-state index >= 15 is 0 Å². The first kappa shape index (κ1) is 15.4. The summed E-state index contributed by atoms with van der Waals surface area (Å²) in [6.07, 6.45) is 3.11. The molecule has 0 aromatic carbocycles. The minimum absolute atomic E-state index is 0.0589. The maximum absolute atomic E-state index is 11.6. The lowest BCUT2D eigenvalue weighted by Gasteiger charge is -2.43. The van der Waals surface area contributed by atoms with Gasteiger partial charge >= 0.3 is 0 Å². The topological polar surface area (TPSA) is 108 Å². The number of hydrogen-bond donors (Lipinski definition) is 2. The van der Waals surface area contributed by atoms with Crippen LogP contribution < -0.4 is 10.5 Å². The van der Waals surface area contributed by atoms with Gasteiger partial charge in [-0.15, -0.1) is 5.10 Å². The number of H-pyrrole nitrogens is 1. The summed E-state index contributed by atoms with van der Waals surface area (Å²) in [5, 5.41) is 16.9. The molecule has 7 heteroatoms. The molecule has 1 fully saturated rings. The van der Waals surface area contributed by atoms with E-state index in [0.717, 1.165) is 24.1 Å². The molecule has 1 saturated heterocycles. The molecule has 23 heavy (non-hydrogen) atoms. The number of aryl methyl sites for hydroxylation is 1. The normalized spacial score (nSPS) is 19.3. The van der Waals surface area contributed by atoms with Crippen molar-refractivity contribution in [2.75, 3.05) is 13.1 Å². The van der Waals surface area contributed by atoms with Gasteiger partial charge in [0.25, 0.3) is 0 Å². The van der Waals surface area contributed by atoms with Gasteiger partial charge in [-0.2, -0.15) is 5.26 Å². The summed E-state index contributed by atoms with van der Waals surface area (Å²) in [5.74, 6) is 0.663. The van der Waals surface area contributed by atoms with Crippen molar-refractivity contribution in [1.29, 1.82) is 5.26 Å². The average Bonchev–Trinajstić information content (AvgIpc) is 2.92. The summed E-state index contributed by atoms with van der Waals surface area (Å²) in [5.41, 5.74) is 7.90. The maximum atomic E-state index is 11.6. The van der Waals surface area contributed by atoms with Gasteiger partial charge in [-0.1, -0.05) is 13.3 Å². The first-order valence-corrected chi connectivity index (χ1v) is 7.95. The highest BCUT2D eigenvalue weighted by Gasteiger charge is 2.49. The Morgan fingerprint density at radius 1 is 1.52 bits per heavy atom. The minimum Gasteiger partial charge on any atom is -0.420 e. The van der Waals surface area contributed by atoms with Crippen LogP contribution in [0.2, 0.25) is 0 Å². The smallest absolute Gasteiger partial charge is 0.244 e. The van der Waals surface area contributed by atoms with Crippen molar-refractivity contribution in [3.05, 3.63) is 22.7 Å². The fourth-order valence-corrected chi connectivity index (χ4v) is 3.74. The van der Waals surface area contributed by atoms with E-state index in [1.807, 2.05) is 4.90 Å². The second-order valence-corrected chi connectivity index (χ2v) is 6.17. The highest BCUT2D eigenvalue weighted by atomic mass is 16.5. The van der Waals surface area contributed by atoms with E-state index in [0.29, 0.717) is 37.4 Å². The van der Waals surface area contributed by atoms with E-state index in [-0.39, 0.29) is 11.8 Å². The Kier molecular flexibility index (Phi) is 3.76. The van der Waals surface area contributed by atoms with Crippen molar-refractivity contribution < 1.29 is 9.53 Å². The van der Waals surface area contributed by atoms with Gasteiger partial charge in [0.1, 0.15) is 11.6 Å². The number of nitrogens with zero attached hydrogens (tertiary/aromatic N) is 3. The molecule has 3 N–H and O–H groups in total. The Morgan fingerprint density at radius 3 is 2.78 bits per heavy atom. The lowest BCUT2D eigenvalue weighted by Crippen LogP contribution is -2.47. The molecule has 2 aliphatic rings. The average molecular weight is 315 g/mol. The van der Waals surface area contributed by atoms with Crippen molar-refractivity contribution in [3.63, 3.8) is 0 Å². The fourth-order valence-electron chi connectivity index (χ4n) is 3.74. The van der Waals surface area contributed by atoms with Gasteiger partial charge in [-0.05, 0) is 19.3 Å². The second kappa shape index (κ2) is 5.61. The van der Waals surface area contributed by atoms with Crippen LogP contribution in [0.15, 0.2) is 11.5 Å². The van der Waals surface area contributed by atoms with Crippen LogP contribution in [0.25, 0.3) is 0 Å².